The average molecular weight is 166 g/mol. The largest absolute Gasteiger partial charge is 0.0851 e. The van der Waals surface area contributed by atoms with Crippen molar-refractivity contribution in [1.29, 1.82) is 0 Å². The van der Waals surface area contributed by atoms with E-state index in [1.807, 2.05) is 0 Å². The molecule has 0 saturated heterocycles. The molecule has 0 radical (unpaired) electrons. The first-order valence-electron chi connectivity index (χ1n) is 5.28. The summed E-state index contributed by atoms with van der Waals surface area (Å²) in [6.45, 7) is 9.41. The third-order valence-corrected chi connectivity index (χ3v) is 3.62. The molecule has 3 atom stereocenters. The third-order valence-electron chi connectivity index (χ3n) is 3.62. The molecule has 0 spiro atoms. The molecule has 70 valence electrons. The van der Waals surface area contributed by atoms with Crippen LogP contribution in [0.2, 0.25) is 0 Å². The van der Waals surface area contributed by atoms with Crippen molar-refractivity contribution in [2.45, 2.75) is 47.0 Å². The molecule has 0 bridgehead atoms. The van der Waals surface area contributed by atoms with Crippen molar-refractivity contribution in [1.82, 2.24) is 0 Å². The van der Waals surface area contributed by atoms with Crippen LogP contribution >= 0.6 is 0 Å². The van der Waals surface area contributed by atoms with E-state index in [2.05, 4.69) is 33.8 Å². The second-order valence-corrected chi connectivity index (χ2v) is 4.62. The summed E-state index contributed by atoms with van der Waals surface area (Å²) in [5.74, 6) is 2.61. The molecule has 0 heterocycles. The predicted octanol–water partition coefficient (Wildman–Crippen LogP) is 4.02. The van der Waals surface area contributed by atoms with Crippen LogP contribution in [0.15, 0.2) is 11.6 Å². The lowest BCUT2D eigenvalue weighted by Gasteiger charge is -2.24. The van der Waals surface area contributed by atoms with Crippen molar-refractivity contribution in [2.75, 3.05) is 0 Å². The lowest BCUT2D eigenvalue weighted by atomic mass is 9.81. The van der Waals surface area contributed by atoms with E-state index in [4.69, 9.17) is 0 Å². The highest BCUT2D eigenvalue weighted by molar-refractivity contribution is 5.03. The van der Waals surface area contributed by atoms with Gasteiger partial charge >= 0.3 is 0 Å². The molecule has 0 nitrogen and oxygen atoms in total. The highest BCUT2D eigenvalue weighted by atomic mass is 14.2. The predicted molar refractivity (Wildman–Crippen MR) is 55.1 cm³/mol. The standard InChI is InChI=1S/C12H22/c1-9-5-6-11(3)12(4)8-7-10(9)2/h5,10-12H,6-8H2,1-4H3. The molecule has 0 aliphatic heterocycles. The summed E-state index contributed by atoms with van der Waals surface area (Å²) in [7, 11) is 0. The number of allylic oxidation sites excluding steroid dienone is 2. The van der Waals surface area contributed by atoms with Crippen LogP contribution in [0.25, 0.3) is 0 Å². The zero-order valence-corrected chi connectivity index (χ0v) is 8.93. The monoisotopic (exact) mass is 166 g/mol. The molecule has 0 fully saturated rings. The Bertz CT molecular complexity index is 167. The summed E-state index contributed by atoms with van der Waals surface area (Å²) < 4.78 is 0. The molecule has 3 unspecified atom stereocenters. The lowest BCUT2D eigenvalue weighted by Crippen LogP contribution is -2.12. The van der Waals surface area contributed by atoms with Gasteiger partial charge in [0.1, 0.15) is 0 Å². The van der Waals surface area contributed by atoms with Gasteiger partial charge < -0.3 is 0 Å². The maximum Gasteiger partial charge on any atom is -0.0234 e. The Labute approximate surface area is 77.1 Å². The van der Waals surface area contributed by atoms with Gasteiger partial charge in [-0.2, -0.15) is 0 Å². The van der Waals surface area contributed by atoms with Crippen LogP contribution in [-0.4, -0.2) is 0 Å². The van der Waals surface area contributed by atoms with Gasteiger partial charge in [-0.15, -0.1) is 0 Å². The van der Waals surface area contributed by atoms with Crippen LogP contribution in [0.3, 0.4) is 0 Å². The van der Waals surface area contributed by atoms with E-state index in [0.717, 1.165) is 17.8 Å². The fourth-order valence-corrected chi connectivity index (χ4v) is 1.83. The molecule has 0 amide bonds. The lowest BCUT2D eigenvalue weighted by molar-refractivity contribution is 0.332. The Morgan fingerprint density at radius 1 is 1.08 bits per heavy atom. The summed E-state index contributed by atoms with van der Waals surface area (Å²) in [6, 6.07) is 0. The van der Waals surface area contributed by atoms with Crippen LogP contribution in [0.5, 0.6) is 0 Å². The zero-order chi connectivity index (χ0) is 9.14. The first-order valence-corrected chi connectivity index (χ1v) is 5.28. The van der Waals surface area contributed by atoms with E-state index in [1.165, 1.54) is 19.3 Å². The molecule has 0 aromatic carbocycles. The quantitative estimate of drug-likeness (QED) is 0.477. The SMILES string of the molecule is CC1=CCC(C)C(C)CCC1C. The topological polar surface area (TPSA) is 0 Å². The van der Waals surface area contributed by atoms with E-state index in [1.54, 1.807) is 5.57 Å². The smallest absolute Gasteiger partial charge is 0.0234 e. The van der Waals surface area contributed by atoms with Gasteiger partial charge in [0, 0.05) is 0 Å². The maximum atomic E-state index is 2.45. The highest BCUT2D eigenvalue weighted by Gasteiger charge is 2.16. The Kier molecular flexibility index (Phi) is 3.37. The number of rotatable bonds is 0. The van der Waals surface area contributed by atoms with Crippen molar-refractivity contribution >= 4 is 0 Å². The van der Waals surface area contributed by atoms with Crippen LogP contribution < -0.4 is 0 Å². The van der Waals surface area contributed by atoms with Gasteiger partial charge in [0.05, 0.1) is 0 Å². The number of hydrogen-bond acceptors (Lipinski definition) is 0. The normalized spacial score (nSPS) is 38.3. The maximum absolute atomic E-state index is 2.45. The van der Waals surface area contributed by atoms with Gasteiger partial charge in [0.25, 0.3) is 0 Å². The molecule has 12 heavy (non-hydrogen) atoms. The van der Waals surface area contributed by atoms with Crippen LogP contribution in [0.1, 0.15) is 47.0 Å². The molecule has 0 aromatic rings. The minimum absolute atomic E-state index is 0.819. The number of hydrogen-bond donors (Lipinski definition) is 0. The summed E-state index contributed by atoms with van der Waals surface area (Å²) >= 11 is 0. The molecule has 0 heteroatoms. The second kappa shape index (κ2) is 4.11. The minimum Gasteiger partial charge on any atom is -0.0851 e. The van der Waals surface area contributed by atoms with Crippen molar-refractivity contribution in [3.05, 3.63) is 11.6 Å². The van der Waals surface area contributed by atoms with E-state index in [0.29, 0.717) is 0 Å². The van der Waals surface area contributed by atoms with E-state index in [9.17, 15) is 0 Å². The molecule has 1 rings (SSSR count). The Hall–Kier alpha value is -0.260. The molecular formula is C12H22. The van der Waals surface area contributed by atoms with Crippen LogP contribution in [0.4, 0.5) is 0 Å². The average Bonchev–Trinajstić information content (AvgIpc) is 2.07. The van der Waals surface area contributed by atoms with Crippen molar-refractivity contribution in [2.24, 2.45) is 17.8 Å². The third kappa shape index (κ3) is 2.36. The van der Waals surface area contributed by atoms with Crippen molar-refractivity contribution in [3.63, 3.8) is 0 Å². The van der Waals surface area contributed by atoms with Crippen molar-refractivity contribution in [3.8, 4) is 0 Å². The van der Waals surface area contributed by atoms with Gasteiger partial charge in [-0.25, -0.2) is 0 Å². The molecular weight excluding hydrogens is 144 g/mol. The molecule has 1 aliphatic rings. The highest BCUT2D eigenvalue weighted by Crippen LogP contribution is 2.29. The zero-order valence-electron chi connectivity index (χ0n) is 8.93. The fraction of sp³-hybridized carbons (Fsp3) is 0.833. The first-order chi connectivity index (χ1) is 5.61. The summed E-state index contributed by atoms with van der Waals surface area (Å²) in [6.07, 6.45) is 6.53. The molecule has 0 saturated carbocycles. The van der Waals surface area contributed by atoms with E-state index < -0.39 is 0 Å². The summed E-state index contributed by atoms with van der Waals surface area (Å²) in [4.78, 5) is 0. The molecule has 1 aliphatic carbocycles. The van der Waals surface area contributed by atoms with E-state index >= 15 is 0 Å². The van der Waals surface area contributed by atoms with Gasteiger partial charge in [0.15, 0.2) is 0 Å². The summed E-state index contributed by atoms with van der Waals surface area (Å²) in [5, 5.41) is 0. The van der Waals surface area contributed by atoms with Gasteiger partial charge in [-0.05, 0) is 43.9 Å². The molecule has 0 aromatic heterocycles. The molecule has 0 N–H and O–H groups in total. The van der Waals surface area contributed by atoms with Gasteiger partial charge in [0.2, 0.25) is 0 Å². The minimum atomic E-state index is 0.819. The second-order valence-electron chi connectivity index (χ2n) is 4.62. The van der Waals surface area contributed by atoms with Crippen molar-refractivity contribution < 1.29 is 0 Å². The van der Waals surface area contributed by atoms with Gasteiger partial charge in [-0.1, -0.05) is 32.4 Å². The van der Waals surface area contributed by atoms with Gasteiger partial charge in [-0.3, -0.25) is 0 Å². The summed E-state index contributed by atoms with van der Waals surface area (Å²) in [5.41, 5.74) is 1.61. The first kappa shape index (κ1) is 9.83. The van der Waals surface area contributed by atoms with E-state index in [-0.39, 0.29) is 0 Å². The Balaban J connectivity index is 2.62. The van der Waals surface area contributed by atoms with Crippen LogP contribution in [0, 0.1) is 17.8 Å². The Morgan fingerprint density at radius 3 is 2.42 bits per heavy atom. The van der Waals surface area contributed by atoms with Crippen LogP contribution in [-0.2, 0) is 0 Å². The fourth-order valence-electron chi connectivity index (χ4n) is 1.83. The Morgan fingerprint density at radius 2 is 1.75 bits per heavy atom.